The molecule has 1 aliphatic heterocycles. The van der Waals surface area contributed by atoms with E-state index in [-0.39, 0.29) is 21.3 Å². The van der Waals surface area contributed by atoms with Crippen molar-refractivity contribution >= 4 is 58.1 Å². The maximum absolute atomic E-state index is 12.7. The fourth-order valence-corrected chi connectivity index (χ4v) is 4.38. The van der Waals surface area contributed by atoms with E-state index in [1.165, 1.54) is 18.2 Å². The van der Waals surface area contributed by atoms with E-state index < -0.39 is 29.6 Å². The van der Waals surface area contributed by atoms with E-state index in [0.29, 0.717) is 28.8 Å². The van der Waals surface area contributed by atoms with Crippen molar-refractivity contribution in [1.82, 2.24) is 4.90 Å². The summed E-state index contributed by atoms with van der Waals surface area (Å²) in [5, 5.41) is 11.5. The Kier molecular flexibility index (Phi) is 7.09. The van der Waals surface area contributed by atoms with Crippen LogP contribution in [0.5, 0.6) is 0 Å². The number of hydrogen-bond donors (Lipinski definition) is 2. The normalized spacial score (nSPS) is 14.6. The van der Waals surface area contributed by atoms with Gasteiger partial charge in [-0.05, 0) is 66.2 Å². The molecule has 0 spiro atoms. The van der Waals surface area contributed by atoms with Crippen LogP contribution in [0, 0.1) is 0 Å². The molecule has 0 unspecified atom stereocenters. The number of amides is 3. The van der Waals surface area contributed by atoms with E-state index in [0.717, 1.165) is 16.9 Å². The van der Waals surface area contributed by atoms with Gasteiger partial charge in [0.05, 0.1) is 15.5 Å². The molecule has 1 fully saturated rings. The number of nitrogens with zero attached hydrogens (tertiary/aromatic N) is 1. The molecule has 10 heteroatoms. The number of carboxylic acid groups (broad SMARTS) is 1. The summed E-state index contributed by atoms with van der Waals surface area (Å²) in [5.41, 5.74) is 2.12. The number of rotatable bonds is 7. The van der Waals surface area contributed by atoms with Crippen LogP contribution >= 0.6 is 23.4 Å². The maximum Gasteiger partial charge on any atom is 0.337 e. The standard InChI is InChI=1S/C25H19ClN2O6S/c1-2-14-3-6-16(7-4-14)27-22(29)13-28-23(30)21(35-25(28)33)12-17-8-10-20(34-17)15-5-9-19(26)18(11-15)24(31)32/h3-12H,2,13H2,1H3,(H,27,29)(H,31,32)/b21-12+. The first-order chi connectivity index (χ1) is 16.7. The number of aromatic carboxylic acids is 1. The molecule has 35 heavy (non-hydrogen) atoms. The third kappa shape index (κ3) is 5.47. The van der Waals surface area contributed by atoms with Crippen molar-refractivity contribution in [3.63, 3.8) is 0 Å². The van der Waals surface area contributed by atoms with E-state index in [1.807, 2.05) is 19.1 Å². The van der Waals surface area contributed by atoms with E-state index >= 15 is 0 Å². The molecule has 1 saturated heterocycles. The number of aryl methyl sites for hydroxylation is 1. The SMILES string of the molecule is CCc1ccc(NC(=O)CN2C(=O)S/C(=C/c3ccc(-c4ccc(Cl)c(C(=O)O)c4)o3)C2=O)cc1. The van der Waals surface area contributed by atoms with Crippen molar-refractivity contribution in [2.75, 3.05) is 11.9 Å². The van der Waals surface area contributed by atoms with Crippen molar-refractivity contribution < 1.29 is 28.7 Å². The first kappa shape index (κ1) is 24.3. The molecule has 0 radical (unpaired) electrons. The second-order valence-corrected chi connectivity index (χ2v) is 8.97. The van der Waals surface area contributed by atoms with Gasteiger partial charge in [0.1, 0.15) is 18.1 Å². The molecule has 3 aromatic rings. The van der Waals surface area contributed by atoms with Crippen LogP contribution in [-0.2, 0) is 16.0 Å². The second-order valence-electron chi connectivity index (χ2n) is 7.57. The molecule has 2 N–H and O–H groups in total. The molecule has 0 bridgehead atoms. The highest BCUT2D eigenvalue weighted by atomic mass is 35.5. The molecule has 3 amide bonds. The van der Waals surface area contributed by atoms with Crippen LogP contribution in [0.25, 0.3) is 17.4 Å². The zero-order valence-electron chi connectivity index (χ0n) is 18.4. The lowest BCUT2D eigenvalue weighted by Gasteiger charge is -2.12. The highest BCUT2D eigenvalue weighted by molar-refractivity contribution is 8.18. The monoisotopic (exact) mass is 510 g/mol. The lowest BCUT2D eigenvalue weighted by atomic mass is 10.1. The highest BCUT2D eigenvalue weighted by Crippen LogP contribution is 2.34. The number of halogens is 1. The molecule has 1 aliphatic rings. The Bertz CT molecular complexity index is 1360. The van der Waals surface area contributed by atoms with Crippen molar-refractivity contribution in [2.45, 2.75) is 13.3 Å². The Balaban J connectivity index is 1.45. The first-order valence-electron chi connectivity index (χ1n) is 10.5. The van der Waals surface area contributed by atoms with Crippen LogP contribution in [0.3, 0.4) is 0 Å². The molecule has 0 atom stereocenters. The van der Waals surface area contributed by atoms with Gasteiger partial charge in [-0.15, -0.1) is 0 Å². The van der Waals surface area contributed by atoms with Crippen molar-refractivity contribution in [1.29, 1.82) is 0 Å². The summed E-state index contributed by atoms with van der Waals surface area (Å²) >= 11 is 6.61. The summed E-state index contributed by atoms with van der Waals surface area (Å²) in [7, 11) is 0. The van der Waals surface area contributed by atoms with E-state index in [9.17, 15) is 24.3 Å². The highest BCUT2D eigenvalue weighted by Gasteiger charge is 2.36. The smallest absolute Gasteiger partial charge is 0.337 e. The molecule has 178 valence electrons. The molecule has 4 rings (SSSR count). The third-order valence-corrected chi connectivity index (χ3v) is 6.44. The quantitative estimate of drug-likeness (QED) is 0.401. The number of nitrogens with one attached hydrogen (secondary N) is 1. The first-order valence-corrected chi connectivity index (χ1v) is 11.7. The topological polar surface area (TPSA) is 117 Å². The van der Waals surface area contributed by atoms with Crippen LogP contribution in [0.1, 0.15) is 28.6 Å². The van der Waals surface area contributed by atoms with Gasteiger partial charge < -0.3 is 14.8 Å². The number of benzene rings is 2. The summed E-state index contributed by atoms with van der Waals surface area (Å²) in [4.78, 5) is 49.8. The van der Waals surface area contributed by atoms with Gasteiger partial charge in [-0.25, -0.2) is 4.79 Å². The van der Waals surface area contributed by atoms with Crippen molar-refractivity contribution in [3.8, 4) is 11.3 Å². The van der Waals surface area contributed by atoms with Gasteiger partial charge in [0.25, 0.3) is 11.1 Å². The molecule has 1 aromatic heterocycles. The summed E-state index contributed by atoms with van der Waals surface area (Å²) in [6, 6.07) is 15.0. The fraction of sp³-hybridized carbons (Fsp3) is 0.120. The number of carbonyl (C=O) groups excluding carboxylic acids is 3. The number of hydrogen-bond acceptors (Lipinski definition) is 6. The number of imide groups is 1. The van der Waals surface area contributed by atoms with E-state index in [2.05, 4.69) is 5.32 Å². The maximum atomic E-state index is 12.7. The van der Waals surface area contributed by atoms with Crippen molar-refractivity contribution in [3.05, 3.63) is 81.4 Å². The summed E-state index contributed by atoms with van der Waals surface area (Å²) in [6.07, 6.45) is 2.28. The Morgan fingerprint density at radius 3 is 2.54 bits per heavy atom. The summed E-state index contributed by atoms with van der Waals surface area (Å²) < 4.78 is 5.72. The molecule has 2 aromatic carbocycles. The van der Waals surface area contributed by atoms with E-state index in [4.69, 9.17) is 16.0 Å². The van der Waals surface area contributed by atoms with Gasteiger partial charge in [-0.3, -0.25) is 19.3 Å². The van der Waals surface area contributed by atoms with E-state index in [1.54, 1.807) is 30.3 Å². The lowest BCUT2D eigenvalue weighted by molar-refractivity contribution is -0.127. The molecule has 0 aliphatic carbocycles. The van der Waals surface area contributed by atoms with Crippen molar-refractivity contribution in [2.24, 2.45) is 0 Å². The fourth-order valence-electron chi connectivity index (χ4n) is 3.36. The summed E-state index contributed by atoms with van der Waals surface area (Å²) in [6.45, 7) is 1.61. The van der Waals surface area contributed by atoms with Gasteiger partial charge in [-0.1, -0.05) is 30.7 Å². The Morgan fingerprint density at radius 1 is 1.11 bits per heavy atom. The van der Waals surface area contributed by atoms with Gasteiger partial charge in [0, 0.05) is 17.3 Å². The minimum Gasteiger partial charge on any atom is -0.478 e. The number of carboxylic acids is 1. The predicted octanol–water partition coefficient (Wildman–Crippen LogP) is 5.54. The zero-order chi connectivity index (χ0) is 25.1. The zero-order valence-corrected chi connectivity index (χ0v) is 20.0. The largest absolute Gasteiger partial charge is 0.478 e. The van der Waals surface area contributed by atoms with Gasteiger partial charge in [0.2, 0.25) is 5.91 Å². The second kappa shape index (κ2) is 10.2. The Labute approximate surface area is 209 Å². The molecule has 2 heterocycles. The Hall–Kier alpha value is -3.82. The van der Waals surface area contributed by atoms with Gasteiger partial charge in [0.15, 0.2) is 0 Å². The van der Waals surface area contributed by atoms with Gasteiger partial charge in [-0.2, -0.15) is 0 Å². The summed E-state index contributed by atoms with van der Waals surface area (Å²) in [5.74, 6) is -1.61. The number of furan rings is 1. The molecule has 8 nitrogen and oxygen atoms in total. The molecular weight excluding hydrogens is 492 g/mol. The third-order valence-electron chi connectivity index (χ3n) is 5.20. The van der Waals surface area contributed by atoms with Crippen LogP contribution < -0.4 is 5.32 Å². The van der Waals surface area contributed by atoms with Crippen LogP contribution in [0.4, 0.5) is 10.5 Å². The minimum absolute atomic E-state index is 0.0668. The Morgan fingerprint density at radius 2 is 1.86 bits per heavy atom. The van der Waals surface area contributed by atoms with Crippen LogP contribution in [-0.4, -0.2) is 39.6 Å². The minimum atomic E-state index is -1.17. The number of carbonyl (C=O) groups is 4. The predicted molar refractivity (Wildman–Crippen MR) is 133 cm³/mol. The van der Waals surface area contributed by atoms with Crippen LogP contribution in [0.15, 0.2) is 63.9 Å². The van der Waals surface area contributed by atoms with Gasteiger partial charge >= 0.3 is 5.97 Å². The van der Waals surface area contributed by atoms with Crippen LogP contribution in [0.2, 0.25) is 5.02 Å². The average molecular weight is 511 g/mol. The lowest BCUT2D eigenvalue weighted by Crippen LogP contribution is -2.36. The molecular formula is C25H19ClN2O6S. The number of thioether (sulfide) groups is 1. The average Bonchev–Trinajstić information content (AvgIpc) is 3.40. The molecule has 0 saturated carbocycles. The number of anilines is 1.